The number of halogens is 2. The normalized spacial score (nSPS) is 18.0. The van der Waals surface area contributed by atoms with E-state index >= 15 is 0 Å². The topological polar surface area (TPSA) is 25.2 Å². The summed E-state index contributed by atoms with van der Waals surface area (Å²) in [7, 11) is 0. The Bertz CT molecular complexity index is 594. The molecule has 2 nitrogen and oxygen atoms in total. The number of aryl methyl sites for hydroxylation is 1. The summed E-state index contributed by atoms with van der Waals surface area (Å²) in [6, 6.07) is 8.17. The van der Waals surface area contributed by atoms with E-state index in [-0.39, 0.29) is 0 Å². The van der Waals surface area contributed by atoms with E-state index in [0.717, 1.165) is 35.7 Å². The van der Waals surface area contributed by atoms with Gasteiger partial charge in [0.25, 0.3) is 0 Å². The van der Waals surface area contributed by atoms with Gasteiger partial charge in [-0.3, -0.25) is 0 Å². The van der Waals surface area contributed by atoms with Crippen molar-refractivity contribution >= 4 is 23.2 Å². The van der Waals surface area contributed by atoms with Crippen molar-refractivity contribution in [1.29, 1.82) is 0 Å². The molecule has 0 saturated carbocycles. The van der Waals surface area contributed by atoms with Gasteiger partial charge in [-0.25, -0.2) is 0 Å². The molecule has 1 atom stereocenters. The van der Waals surface area contributed by atoms with Crippen molar-refractivity contribution in [3.63, 3.8) is 0 Å². The molecule has 1 aromatic heterocycles. The SMILES string of the molecule is Clc1ccc(CCNC2CCCc3occc32)c(Cl)c1. The lowest BCUT2D eigenvalue weighted by atomic mass is 9.93. The lowest BCUT2D eigenvalue weighted by Crippen LogP contribution is -2.26. The van der Waals surface area contributed by atoms with Crippen LogP contribution in [0.25, 0.3) is 0 Å². The molecule has 0 spiro atoms. The molecule has 0 aliphatic heterocycles. The first kappa shape index (κ1) is 14.0. The zero-order valence-corrected chi connectivity index (χ0v) is 12.7. The van der Waals surface area contributed by atoms with Crippen molar-refractivity contribution in [2.24, 2.45) is 0 Å². The zero-order chi connectivity index (χ0) is 13.9. The van der Waals surface area contributed by atoms with Crippen molar-refractivity contribution in [1.82, 2.24) is 5.32 Å². The van der Waals surface area contributed by atoms with Gasteiger partial charge in [0.15, 0.2) is 0 Å². The van der Waals surface area contributed by atoms with Gasteiger partial charge in [0.2, 0.25) is 0 Å². The highest BCUT2D eigenvalue weighted by Gasteiger charge is 2.21. The molecular formula is C16H17Cl2NO. The summed E-state index contributed by atoms with van der Waals surface area (Å²) >= 11 is 12.1. The Morgan fingerprint density at radius 1 is 1.25 bits per heavy atom. The highest BCUT2D eigenvalue weighted by Crippen LogP contribution is 2.30. The summed E-state index contributed by atoms with van der Waals surface area (Å²) in [5.41, 5.74) is 2.45. The molecule has 1 aromatic carbocycles. The van der Waals surface area contributed by atoms with Crippen LogP contribution in [-0.4, -0.2) is 6.54 Å². The highest BCUT2D eigenvalue weighted by atomic mass is 35.5. The van der Waals surface area contributed by atoms with Crippen LogP contribution < -0.4 is 5.32 Å². The zero-order valence-electron chi connectivity index (χ0n) is 11.2. The third-order valence-corrected chi connectivity index (χ3v) is 4.44. The van der Waals surface area contributed by atoms with Crippen LogP contribution in [0.5, 0.6) is 0 Å². The van der Waals surface area contributed by atoms with Gasteiger partial charge < -0.3 is 9.73 Å². The van der Waals surface area contributed by atoms with E-state index in [2.05, 4.69) is 11.4 Å². The fourth-order valence-electron chi connectivity index (χ4n) is 2.80. The largest absolute Gasteiger partial charge is 0.469 e. The third kappa shape index (κ3) is 3.03. The molecule has 106 valence electrons. The summed E-state index contributed by atoms with van der Waals surface area (Å²) in [4.78, 5) is 0. The standard InChI is InChI=1S/C16H17Cl2NO/c17-12-5-4-11(14(18)10-12)6-8-19-15-2-1-3-16-13(15)7-9-20-16/h4-5,7,9-10,15,19H,1-3,6,8H2. The Morgan fingerprint density at radius 2 is 2.15 bits per heavy atom. The molecule has 0 radical (unpaired) electrons. The molecule has 1 heterocycles. The van der Waals surface area contributed by atoms with Crippen LogP contribution in [0.15, 0.2) is 34.9 Å². The van der Waals surface area contributed by atoms with Crippen molar-refractivity contribution in [2.45, 2.75) is 31.7 Å². The number of rotatable bonds is 4. The maximum absolute atomic E-state index is 6.19. The minimum Gasteiger partial charge on any atom is -0.469 e. The average Bonchev–Trinajstić information content (AvgIpc) is 2.90. The molecule has 1 aliphatic carbocycles. The quantitative estimate of drug-likeness (QED) is 0.878. The predicted octanol–water partition coefficient (Wildman–Crippen LogP) is 4.80. The van der Waals surface area contributed by atoms with Gasteiger partial charge in [-0.2, -0.15) is 0 Å². The van der Waals surface area contributed by atoms with Crippen LogP contribution in [0, 0.1) is 0 Å². The number of fused-ring (bicyclic) bond motifs is 1. The van der Waals surface area contributed by atoms with Gasteiger partial charge in [0, 0.05) is 28.1 Å². The van der Waals surface area contributed by atoms with E-state index in [0.29, 0.717) is 11.1 Å². The van der Waals surface area contributed by atoms with E-state index in [1.807, 2.05) is 12.1 Å². The van der Waals surface area contributed by atoms with Gasteiger partial charge in [-0.1, -0.05) is 29.3 Å². The molecule has 1 unspecified atom stereocenters. The van der Waals surface area contributed by atoms with E-state index in [1.165, 1.54) is 18.4 Å². The third-order valence-electron chi connectivity index (χ3n) is 3.85. The van der Waals surface area contributed by atoms with Crippen molar-refractivity contribution in [2.75, 3.05) is 6.54 Å². The smallest absolute Gasteiger partial charge is 0.108 e. The molecular weight excluding hydrogens is 293 g/mol. The van der Waals surface area contributed by atoms with E-state index in [4.69, 9.17) is 27.6 Å². The molecule has 1 N–H and O–H groups in total. The Labute approximate surface area is 129 Å². The Kier molecular flexibility index (Phi) is 4.35. The number of hydrogen-bond donors (Lipinski definition) is 1. The maximum Gasteiger partial charge on any atom is 0.108 e. The summed E-state index contributed by atoms with van der Waals surface area (Å²) in [6.45, 7) is 0.899. The first-order chi connectivity index (χ1) is 9.74. The van der Waals surface area contributed by atoms with Crippen LogP contribution in [0.1, 0.15) is 35.8 Å². The Balaban J connectivity index is 1.59. The lowest BCUT2D eigenvalue weighted by Gasteiger charge is -2.23. The van der Waals surface area contributed by atoms with E-state index < -0.39 is 0 Å². The molecule has 2 aromatic rings. The number of nitrogens with one attached hydrogen (secondary N) is 1. The first-order valence-corrected chi connectivity index (χ1v) is 7.73. The molecule has 20 heavy (non-hydrogen) atoms. The van der Waals surface area contributed by atoms with E-state index in [9.17, 15) is 0 Å². The van der Waals surface area contributed by atoms with Crippen LogP contribution in [0.2, 0.25) is 10.0 Å². The molecule has 0 bridgehead atoms. The fraction of sp³-hybridized carbons (Fsp3) is 0.375. The van der Waals surface area contributed by atoms with Crippen LogP contribution in [0.3, 0.4) is 0 Å². The summed E-state index contributed by atoms with van der Waals surface area (Å²) in [6.07, 6.45) is 6.10. The minimum atomic E-state index is 0.406. The van der Waals surface area contributed by atoms with Gasteiger partial charge in [-0.05, 0) is 49.6 Å². The number of hydrogen-bond acceptors (Lipinski definition) is 2. The summed E-state index contributed by atoms with van der Waals surface area (Å²) < 4.78 is 5.51. The van der Waals surface area contributed by atoms with Crippen molar-refractivity contribution in [3.8, 4) is 0 Å². The van der Waals surface area contributed by atoms with Crippen LogP contribution in [0.4, 0.5) is 0 Å². The van der Waals surface area contributed by atoms with Gasteiger partial charge in [-0.15, -0.1) is 0 Å². The Hall–Kier alpha value is -0.960. The highest BCUT2D eigenvalue weighted by molar-refractivity contribution is 6.35. The summed E-state index contributed by atoms with van der Waals surface area (Å²) in [5.74, 6) is 1.14. The van der Waals surface area contributed by atoms with Crippen LogP contribution in [-0.2, 0) is 12.8 Å². The predicted molar refractivity (Wildman–Crippen MR) is 82.6 cm³/mol. The molecule has 1 aliphatic rings. The first-order valence-electron chi connectivity index (χ1n) is 6.97. The second-order valence-electron chi connectivity index (χ2n) is 5.18. The summed E-state index contributed by atoms with van der Waals surface area (Å²) in [5, 5.41) is 5.03. The van der Waals surface area contributed by atoms with Crippen LogP contribution >= 0.6 is 23.2 Å². The molecule has 0 saturated heterocycles. The van der Waals surface area contributed by atoms with Gasteiger partial charge >= 0.3 is 0 Å². The number of furan rings is 1. The monoisotopic (exact) mass is 309 g/mol. The molecule has 0 fully saturated rings. The second-order valence-corrected chi connectivity index (χ2v) is 6.03. The average molecular weight is 310 g/mol. The number of benzene rings is 1. The fourth-order valence-corrected chi connectivity index (χ4v) is 3.31. The van der Waals surface area contributed by atoms with E-state index in [1.54, 1.807) is 12.3 Å². The molecule has 0 amide bonds. The second kappa shape index (κ2) is 6.21. The Morgan fingerprint density at radius 3 is 3.00 bits per heavy atom. The molecule has 4 heteroatoms. The van der Waals surface area contributed by atoms with Crippen molar-refractivity contribution in [3.05, 3.63) is 57.5 Å². The minimum absolute atomic E-state index is 0.406. The van der Waals surface area contributed by atoms with Crippen molar-refractivity contribution < 1.29 is 4.42 Å². The molecule has 3 rings (SSSR count). The van der Waals surface area contributed by atoms with Gasteiger partial charge in [0.1, 0.15) is 5.76 Å². The maximum atomic E-state index is 6.19. The van der Waals surface area contributed by atoms with Gasteiger partial charge in [0.05, 0.1) is 6.26 Å². The lowest BCUT2D eigenvalue weighted by molar-refractivity contribution is 0.413.